The number of pyridine rings is 1. The summed E-state index contributed by atoms with van der Waals surface area (Å²) in [5, 5.41) is 7.22. The van der Waals surface area contributed by atoms with Crippen LogP contribution in [0.5, 0.6) is 5.75 Å². The number of benzene rings is 2. The van der Waals surface area contributed by atoms with Gasteiger partial charge in [-0.3, -0.25) is 9.78 Å². The Hall–Kier alpha value is -4.17. The average molecular weight is 554 g/mol. The lowest BCUT2D eigenvalue weighted by molar-refractivity contribution is -0.116. The van der Waals surface area contributed by atoms with Crippen LogP contribution in [0.3, 0.4) is 0 Å². The number of hydrogen-bond donors (Lipinski definition) is 2. The van der Waals surface area contributed by atoms with Crippen molar-refractivity contribution in [1.29, 1.82) is 0 Å². The molecule has 0 aliphatic carbocycles. The zero-order valence-corrected chi connectivity index (χ0v) is 24.2. The third-order valence-corrected chi connectivity index (χ3v) is 7.90. The van der Waals surface area contributed by atoms with Gasteiger partial charge < -0.3 is 24.8 Å². The molecule has 1 saturated heterocycles. The SMILES string of the molecule is CCc1ccccc1NC(=O)CCN1C(=S)N[C@H](c2ccccn2)[C@H]1c1cc(C)n(-c2cccc(OC)c2)c1C. The number of ether oxygens (including phenoxy) is 1. The van der Waals surface area contributed by atoms with E-state index in [-0.39, 0.29) is 18.0 Å². The molecule has 0 radical (unpaired) electrons. The number of nitrogens with zero attached hydrogens (tertiary/aromatic N) is 3. The van der Waals surface area contributed by atoms with Gasteiger partial charge in [0.2, 0.25) is 5.91 Å². The number of carbonyl (C=O) groups excluding carboxylic acids is 1. The summed E-state index contributed by atoms with van der Waals surface area (Å²) in [4.78, 5) is 19.9. The number of anilines is 1. The number of carbonyl (C=O) groups is 1. The zero-order valence-electron chi connectivity index (χ0n) is 23.3. The molecule has 5 rings (SSSR count). The van der Waals surface area contributed by atoms with Crippen LogP contribution < -0.4 is 15.4 Å². The third-order valence-electron chi connectivity index (χ3n) is 7.55. The van der Waals surface area contributed by atoms with E-state index in [0.29, 0.717) is 18.1 Å². The molecule has 0 saturated carbocycles. The number of hydrogen-bond acceptors (Lipinski definition) is 4. The molecule has 0 bridgehead atoms. The van der Waals surface area contributed by atoms with Crippen LogP contribution in [-0.4, -0.2) is 39.1 Å². The maximum absolute atomic E-state index is 13.1. The van der Waals surface area contributed by atoms with Crippen molar-refractivity contribution in [3.05, 3.63) is 107 Å². The van der Waals surface area contributed by atoms with Crippen LogP contribution in [0, 0.1) is 13.8 Å². The topological polar surface area (TPSA) is 71.4 Å². The zero-order chi connectivity index (χ0) is 28.2. The summed E-state index contributed by atoms with van der Waals surface area (Å²) in [6.07, 6.45) is 2.96. The molecule has 40 heavy (non-hydrogen) atoms. The summed E-state index contributed by atoms with van der Waals surface area (Å²) < 4.78 is 7.72. The van der Waals surface area contributed by atoms with Gasteiger partial charge in [-0.05, 0) is 80.0 Å². The van der Waals surface area contributed by atoms with E-state index in [1.54, 1.807) is 13.3 Å². The second-order valence-corrected chi connectivity index (χ2v) is 10.4. The summed E-state index contributed by atoms with van der Waals surface area (Å²) in [6.45, 7) is 6.80. The first-order valence-corrected chi connectivity index (χ1v) is 14.0. The number of thiocarbonyl (C=S) groups is 1. The fourth-order valence-corrected chi connectivity index (χ4v) is 5.94. The standard InChI is InChI=1S/C32H35N5O2S/c1-5-23-11-6-7-14-27(23)34-29(38)16-18-36-31(30(35-32(36)40)28-15-8-9-17-33-28)26-19-21(2)37(22(26)3)24-12-10-13-25(20-24)39-4/h6-15,17,19-20,30-31H,5,16,18H2,1-4H3,(H,34,38)(H,35,40)/t30-,31-/m1/s1. The number of aryl methyl sites for hydroxylation is 2. The van der Waals surface area contributed by atoms with E-state index in [1.807, 2.05) is 60.7 Å². The van der Waals surface area contributed by atoms with Crippen LogP contribution in [0.1, 0.15) is 53.6 Å². The number of amides is 1. The average Bonchev–Trinajstić information content (AvgIpc) is 3.46. The molecule has 7 nitrogen and oxygen atoms in total. The predicted molar refractivity (Wildman–Crippen MR) is 163 cm³/mol. The van der Waals surface area contributed by atoms with Crippen molar-refractivity contribution >= 4 is 28.9 Å². The normalized spacial score (nSPS) is 16.6. The molecule has 8 heteroatoms. The van der Waals surface area contributed by atoms with E-state index in [0.717, 1.165) is 51.8 Å². The second-order valence-electron chi connectivity index (χ2n) is 9.99. The van der Waals surface area contributed by atoms with Crippen LogP contribution in [-0.2, 0) is 11.2 Å². The summed E-state index contributed by atoms with van der Waals surface area (Å²) in [7, 11) is 1.68. The summed E-state index contributed by atoms with van der Waals surface area (Å²) in [5.74, 6) is 0.768. The van der Waals surface area contributed by atoms with E-state index in [1.165, 1.54) is 0 Å². The lowest BCUT2D eigenvalue weighted by Crippen LogP contribution is -2.33. The molecule has 1 aliphatic heterocycles. The molecule has 206 valence electrons. The molecule has 4 aromatic rings. The minimum atomic E-state index is -0.156. The maximum atomic E-state index is 13.1. The highest BCUT2D eigenvalue weighted by Crippen LogP contribution is 2.41. The third kappa shape index (κ3) is 5.45. The first-order valence-electron chi connectivity index (χ1n) is 13.6. The maximum Gasteiger partial charge on any atom is 0.226 e. The van der Waals surface area contributed by atoms with Crippen molar-refractivity contribution in [2.75, 3.05) is 19.0 Å². The monoisotopic (exact) mass is 553 g/mol. The van der Waals surface area contributed by atoms with E-state index in [4.69, 9.17) is 17.0 Å². The van der Waals surface area contributed by atoms with E-state index >= 15 is 0 Å². The first kappa shape index (κ1) is 27.4. The quantitative estimate of drug-likeness (QED) is 0.246. The smallest absolute Gasteiger partial charge is 0.226 e. The van der Waals surface area contributed by atoms with Crippen LogP contribution in [0.4, 0.5) is 5.69 Å². The van der Waals surface area contributed by atoms with Gasteiger partial charge in [0.15, 0.2) is 5.11 Å². The Morgan fingerprint density at radius 3 is 2.62 bits per heavy atom. The predicted octanol–water partition coefficient (Wildman–Crippen LogP) is 6.06. The van der Waals surface area contributed by atoms with Crippen LogP contribution >= 0.6 is 12.2 Å². The van der Waals surface area contributed by atoms with Gasteiger partial charge in [0.05, 0.1) is 24.9 Å². The lowest BCUT2D eigenvalue weighted by Gasteiger charge is -2.28. The van der Waals surface area contributed by atoms with Gasteiger partial charge in [-0.15, -0.1) is 0 Å². The molecule has 2 atom stereocenters. The fraction of sp³-hybridized carbons (Fsp3) is 0.281. The largest absolute Gasteiger partial charge is 0.497 e. The highest BCUT2D eigenvalue weighted by molar-refractivity contribution is 7.80. The van der Waals surface area contributed by atoms with Gasteiger partial charge in [-0.2, -0.15) is 0 Å². The van der Waals surface area contributed by atoms with Gasteiger partial charge >= 0.3 is 0 Å². The number of rotatable bonds is 9. The Labute approximate surface area is 241 Å². The molecule has 2 N–H and O–H groups in total. The van der Waals surface area contributed by atoms with Crippen molar-refractivity contribution in [2.24, 2.45) is 0 Å². The Morgan fingerprint density at radius 2 is 1.88 bits per heavy atom. The number of para-hydroxylation sites is 1. The molecule has 0 unspecified atom stereocenters. The molecule has 0 spiro atoms. The van der Waals surface area contributed by atoms with E-state index in [2.05, 4.69) is 58.0 Å². The highest BCUT2D eigenvalue weighted by atomic mass is 32.1. The van der Waals surface area contributed by atoms with Gasteiger partial charge in [0, 0.05) is 48.0 Å². The minimum Gasteiger partial charge on any atom is -0.497 e. The van der Waals surface area contributed by atoms with E-state index < -0.39 is 0 Å². The van der Waals surface area contributed by atoms with Gasteiger partial charge in [-0.25, -0.2) is 0 Å². The Bertz CT molecular complexity index is 1520. The number of methoxy groups -OCH3 is 1. The van der Waals surface area contributed by atoms with E-state index in [9.17, 15) is 4.79 Å². The number of nitrogens with one attached hydrogen (secondary N) is 2. The van der Waals surface area contributed by atoms with Crippen molar-refractivity contribution in [3.8, 4) is 11.4 Å². The van der Waals surface area contributed by atoms with Gasteiger partial charge in [-0.1, -0.05) is 37.3 Å². The van der Waals surface area contributed by atoms with Crippen molar-refractivity contribution < 1.29 is 9.53 Å². The molecule has 1 fully saturated rings. The minimum absolute atomic E-state index is 0.0365. The Morgan fingerprint density at radius 1 is 1.07 bits per heavy atom. The van der Waals surface area contributed by atoms with Crippen molar-refractivity contribution in [1.82, 2.24) is 19.8 Å². The molecular formula is C32H35N5O2S. The van der Waals surface area contributed by atoms with Crippen LogP contribution in [0.2, 0.25) is 0 Å². The Balaban J connectivity index is 1.47. The van der Waals surface area contributed by atoms with Gasteiger partial charge in [0.1, 0.15) is 5.75 Å². The lowest BCUT2D eigenvalue weighted by atomic mass is 9.96. The summed E-state index contributed by atoms with van der Waals surface area (Å²) >= 11 is 5.86. The molecule has 3 heterocycles. The molecular weight excluding hydrogens is 518 g/mol. The molecule has 1 amide bonds. The van der Waals surface area contributed by atoms with Crippen LogP contribution in [0.15, 0.2) is 79.0 Å². The molecule has 2 aromatic carbocycles. The summed E-state index contributed by atoms with van der Waals surface area (Å²) in [6, 6.07) is 23.8. The number of aromatic nitrogens is 2. The molecule has 2 aromatic heterocycles. The molecule has 1 aliphatic rings. The van der Waals surface area contributed by atoms with Gasteiger partial charge in [0.25, 0.3) is 0 Å². The van der Waals surface area contributed by atoms with Crippen molar-refractivity contribution in [2.45, 2.75) is 45.7 Å². The van der Waals surface area contributed by atoms with Crippen molar-refractivity contribution in [3.63, 3.8) is 0 Å². The highest BCUT2D eigenvalue weighted by Gasteiger charge is 2.41. The van der Waals surface area contributed by atoms with Crippen LogP contribution in [0.25, 0.3) is 5.69 Å². The first-order chi connectivity index (χ1) is 19.4. The summed E-state index contributed by atoms with van der Waals surface area (Å²) in [5.41, 5.74) is 7.27. The fourth-order valence-electron chi connectivity index (χ4n) is 5.60. The Kier molecular flexibility index (Phi) is 8.16. The second kappa shape index (κ2) is 11.9.